The summed E-state index contributed by atoms with van der Waals surface area (Å²) in [5.74, 6) is 1.14. The molecule has 0 radical (unpaired) electrons. The van der Waals surface area contributed by atoms with Crippen LogP contribution >= 0.6 is 0 Å². The van der Waals surface area contributed by atoms with Crippen LogP contribution < -0.4 is 14.8 Å². The zero-order valence-corrected chi connectivity index (χ0v) is 13.4. The Bertz CT molecular complexity index is 682. The third-order valence-electron chi connectivity index (χ3n) is 3.14. The predicted molar refractivity (Wildman–Crippen MR) is 92.0 cm³/mol. The lowest BCUT2D eigenvalue weighted by molar-refractivity contribution is -0.122. The van der Waals surface area contributed by atoms with Crippen molar-refractivity contribution in [2.75, 3.05) is 11.9 Å². The molecule has 23 heavy (non-hydrogen) atoms. The Morgan fingerprint density at radius 1 is 1.22 bits per heavy atom. The molecule has 4 nitrogen and oxygen atoms in total. The molecule has 1 N–H and O–H groups in total. The Labute approximate surface area is 136 Å². The summed E-state index contributed by atoms with van der Waals surface area (Å²) >= 11 is 0. The van der Waals surface area contributed by atoms with Gasteiger partial charge in [0.1, 0.15) is 18.1 Å². The van der Waals surface area contributed by atoms with Gasteiger partial charge in [-0.25, -0.2) is 0 Å². The average molecular weight is 311 g/mol. The van der Waals surface area contributed by atoms with Gasteiger partial charge in [-0.1, -0.05) is 30.9 Å². The summed E-state index contributed by atoms with van der Waals surface area (Å²) in [5, 5.41) is 2.82. The van der Waals surface area contributed by atoms with Gasteiger partial charge in [0.15, 0.2) is 6.10 Å². The first kappa shape index (κ1) is 16.6. The standard InChI is InChI=1S/C19H21NO3/c1-4-11-22-17-9-6-8-16(13-17)20-19(21)15(3)23-18-10-5-7-14(2)12-18/h4-10,12-13,15H,1,11H2,2-3H3,(H,20,21)/t15-/m1/s1. The molecule has 0 aromatic heterocycles. The molecule has 120 valence electrons. The van der Waals surface area contributed by atoms with Crippen molar-refractivity contribution in [3.8, 4) is 11.5 Å². The largest absolute Gasteiger partial charge is 0.489 e. The van der Waals surface area contributed by atoms with Crippen molar-refractivity contribution in [1.29, 1.82) is 0 Å². The van der Waals surface area contributed by atoms with Crippen molar-refractivity contribution in [2.24, 2.45) is 0 Å². The van der Waals surface area contributed by atoms with E-state index in [1.807, 2.05) is 43.3 Å². The topological polar surface area (TPSA) is 47.6 Å². The number of carbonyl (C=O) groups is 1. The van der Waals surface area contributed by atoms with Gasteiger partial charge in [-0.05, 0) is 43.7 Å². The van der Waals surface area contributed by atoms with Crippen molar-refractivity contribution >= 4 is 11.6 Å². The van der Waals surface area contributed by atoms with Crippen LogP contribution in [-0.2, 0) is 4.79 Å². The van der Waals surface area contributed by atoms with Gasteiger partial charge in [-0.3, -0.25) is 4.79 Å². The summed E-state index contributed by atoms with van der Waals surface area (Å²) in [4.78, 5) is 12.2. The smallest absolute Gasteiger partial charge is 0.265 e. The normalized spacial score (nSPS) is 11.4. The molecule has 4 heteroatoms. The van der Waals surface area contributed by atoms with Crippen LogP contribution in [0.25, 0.3) is 0 Å². The van der Waals surface area contributed by atoms with Crippen molar-refractivity contribution in [3.63, 3.8) is 0 Å². The van der Waals surface area contributed by atoms with Crippen molar-refractivity contribution in [2.45, 2.75) is 20.0 Å². The van der Waals surface area contributed by atoms with Crippen LogP contribution in [0.5, 0.6) is 11.5 Å². The molecule has 2 aromatic carbocycles. The number of hydrogen-bond acceptors (Lipinski definition) is 3. The number of hydrogen-bond donors (Lipinski definition) is 1. The first-order valence-electron chi connectivity index (χ1n) is 7.46. The molecule has 1 amide bonds. The van der Waals surface area contributed by atoms with E-state index in [1.165, 1.54) is 0 Å². The molecule has 0 saturated carbocycles. The zero-order chi connectivity index (χ0) is 16.7. The van der Waals surface area contributed by atoms with E-state index in [9.17, 15) is 4.79 Å². The van der Waals surface area contributed by atoms with E-state index in [0.29, 0.717) is 23.8 Å². The van der Waals surface area contributed by atoms with Gasteiger partial charge >= 0.3 is 0 Å². The van der Waals surface area contributed by atoms with Crippen LogP contribution in [0.4, 0.5) is 5.69 Å². The maximum Gasteiger partial charge on any atom is 0.265 e. The number of amides is 1. The highest BCUT2D eigenvalue weighted by Gasteiger charge is 2.15. The SMILES string of the molecule is C=CCOc1cccc(NC(=O)[C@@H](C)Oc2cccc(C)c2)c1. The summed E-state index contributed by atoms with van der Waals surface area (Å²) in [6.45, 7) is 7.72. The zero-order valence-electron chi connectivity index (χ0n) is 13.4. The van der Waals surface area contributed by atoms with Gasteiger partial charge in [0.2, 0.25) is 0 Å². The van der Waals surface area contributed by atoms with Crippen LogP contribution in [0.15, 0.2) is 61.2 Å². The lowest BCUT2D eigenvalue weighted by Gasteiger charge is -2.15. The fourth-order valence-electron chi connectivity index (χ4n) is 2.01. The second-order valence-electron chi connectivity index (χ2n) is 5.19. The van der Waals surface area contributed by atoms with E-state index >= 15 is 0 Å². The highest BCUT2D eigenvalue weighted by Crippen LogP contribution is 2.19. The summed E-state index contributed by atoms with van der Waals surface area (Å²) in [6.07, 6.45) is 1.07. The minimum atomic E-state index is -0.602. The predicted octanol–water partition coefficient (Wildman–Crippen LogP) is 3.97. The second kappa shape index (κ2) is 8.03. The van der Waals surface area contributed by atoms with Crippen LogP contribution in [-0.4, -0.2) is 18.6 Å². The van der Waals surface area contributed by atoms with Crippen LogP contribution in [0, 0.1) is 6.92 Å². The first-order chi connectivity index (χ1) is 11.1. The number of rotatable bonds is 7. The van der Waals surface area contributed by atoms with Crippen molar-refractivity contribution < 1.29 is 14.3 Å². The summed E-state index contributed by atoms with van der Waals surface area (Å²) in [5.41, 5.74) is 1.75. The minimum Gasteiger partial charge on any atom is -0.489 e. The van der Waals surface area contributed by atoms with Gasteiger partial charge in [-0.2, -0.15) is 0 Å². The number of benzene rings is 2. The summed E-state index contributed by atoms with van der Waals surface area (Å²) in [6, 6.07) is 14.8. The Balaban J connectivity index is 1.96. The molecule has 0 bridgehead atoms. The van der Waals surface area contributed by atoms with Crippen LogP contribution in [0.1, 0.15) is 12.5 Å². The third-order valence-corrected chi connectivity index (χ3v) is 3.14. The van der Waals surface area contributed by atoms with Crippen molar-refractivity contribution in [3.05, 3.63) is 66.7 Å². The first-order valence-corrected chi connectivity index (χ1v) is 7.46. The number of aryl methyl sites for hydroxylation is 1. The molecule has 0 aliphatic heterocycles. The lowest BCUT2D eigenvalue weighted by Crippen LogP contribution is -2.30. The maximum absolute atomic E-state index is 12.2. The molecule has 0 fully saturated rings. The van der Waals surface area contributed by atoms with Crippen LogP contribution in [0.2, 0.25) is 0 Å². The van der Waals surface area contributed by atoms with E-state index < -0.39 is 6.10 Å². The van der Waals surface area contributed by atoms with Gasteiger partial charge in [0, 0.05) is 11.8 Å². The average Bonchev–Trinajstić information content (AvgIpc) is 2.53. The maximum atomic E-state index is 12.2. The lowest BCUT2D eigenvalue weighted by atomic mass is 10.2. The molecule has 1 atom stereocenters. The molecule has 0 unspecified atom stereocenters. The number of nitrogens with one attached hydrogen (secondary N) is 1. The molecule has 0 spiro atoms. The number of ether oxygens (including phenoxy) is 2. The van der Waals surface area contributed by atoms with Gasteiger partial charge < -0.3 is 14.8 Å². The Hall–Kier alpha value is -2.75. The molecule has 0 aliphatic carbocycles. The highest BCUT2D eigenvalue weighted by molar-refractivity contribution is 5.94. The van der Waals surface area contributed by atoms with Gasteiger partial charge in [0.05, 0.1) is 0 Å². The Kier molecular flexibility index (Phi) is 5.80. The molecular formula is C19H21NO3. The van der Waals surface area contributed by atoms with E-state index in [4.69, 9.17) is 9.47 Å². The third kappa shape index (κ3) is 5.18. The van der Waals surface area contributed by atoms with E-state index in [2.05, 4.69) is 11.9 Å². The Morgan fingerprint density at radius 3 is 2.70 bits per heavy atom. The number of anilines is 1. The molecule has 0 heterocycles. The number of carbonyl (C=O) groups excluding carboxylic acids is 1. The van der Waals surface area contributed by atoms with E-state index in [-0.39, 0.29) is 5.91 Å². The molecule has 0 saturated heterocycles. The monoisotopic (exact) mass is 311 g/mol. The Morgan fingerprint density at radius 2 is 1.96 bits per heavy atom. The van der Waals surface area contributed by atoms with Gasteiger partial charge in [-0.15, -0.1) is 0 Å². The fourth-order valence-corrected chi connectivity index (χ4v) is 2.01. The molecular weight excluding hydrogens is 290 g/mol. The summed E-state index contributed by atoms with van der Waals surface area (Å²) < 4.78 is 11.1. The summed E-state index contributed by atoms with van der Waals surface area (Å²) in [7, 11) is 0. The molecule has 2 rings (SSSR count). The second-order valence-corrected chi connectivity index (χ2v) is 5.19. The van der Waals surface area contributed by atoms with E-state index in [1.54, 1.807) is 25.1 Å². The van der Waals surface area contributed by atoms with Crippen LogP contribution in [0.3, 0.4) is 0 Å². The van der Waals surface area contributed by atoms with E-state index in [0.717, 1.165) is 5.56 Å². The quantitative estimate of drug-likeness (QED) is 0.787. The highest BCUT2D eigenvalue weighted by atomic mass is 16.5. The minimum absolute atomic E-state index is 0.215. The molecule has 2 aromatic rings. The van der Waals surface area contributed by atoms with Crippen molar-refractivity contribution in [1.82, 2.24) is 0 Å². The molecule has 0 aliphatic rings. The van der Waals surface area contributed by atoms with Gasteiger partial charge in [0.25, 0.3) is 5.91 Å². The fraction of sp³-hybridized carbons (Fsp3) is 0.211.